The number of aryl methyl sites for hydroxylation is 1. The van der Waals surface area contributed by atoms with Crippen molar-refractivity contribution in [2.24, 2.45) is 7.05 Å². The molecule has 0 bridgehead atoms. The number of carbonyl (C=O) groups excluding carboxylic acids is 2. The van der Waals surface area contributed by atoms with Crippen LogP contribution in [-0.4, -0.2) is 34.4 Å². The maximum Gasteiger partial charge on any atom is 0.274 e. The number of pyridine rings is 1. The van der Waals surface area contributed by atoms with Gasteiger partial charge in [0, 0.05) is 26.3 Å². The van der Waals surface area contributed by atoms with Gasteiger partial charge in [-0.1, -0.05) is 12.1 Å². The third kappa shape index (κ3) is 3.93. The van der Waals surface area contributed by atoms with E-state index in [2.05, 4.69) is 5.32 Å². The molecule has 2 aromatic rings. The number of carbonyl (C=O) groups is 2. The van der Waals surface area contributed by atoms with Gasteiger partial charge < -0.3 is 14.8 Å². The molecule has 0 aliphatic heterocycles. The summed E-state index contributed by atoms with van der Waals surface area (Å²) in [6.45, 7) is 4.75. The molecule has 0 spiro atoms. The summed E-state index contributed by atoms with van der Waals surface area (Å²) in [7, 11) is 1.49. The molecular formula is C18H20FN3O3. The van der Waals surface area contributed by atoms with E-state index < -0.39 is 17.3 Å². The van der Waals surface area contributed by atoms with Gasteiger partial charge in [-0.25, -0.2) is 4.39 Å². The Bertz CT molecular complexity index is 857. The highest BCUT2D eigenvalue weighted by Gasteiger charge is 2.18. The van der Waals surface area contributed by atoms with Crippen LogP contribution in [-0.2, 0) is 7.05 Å². The Morgan fingerprint density at radius 1 is 1.20 bits per heavy atom. The number of anilines is 1. The molecule has 6 nitrogen and oxygen atoms in total. The van der Waals surface area contributed by atoms with Crippen LogP contribution in [0.4, 0.5) is 10.1 Å². The van der Waals surface area contributed by atoms with E-state index >= 15 is 0 Å². The summed E-state index contributed by atoms with van der Waals surface area (Å²) in [5.74, 6) is -1.68. The number of nitrogens with zero attached hydrogens (tertiary/aromatic N) is 2. The molecule has 132 valence electrons. The second-order valence-corrected chi connectivity index (χ2v) is 5.47. The van der Waals surface area contributed by atoms with Crippen molar-refractivity contribution in [2.75, 3.05) is 18.4 Å². The fraction of sp³-hybridized carbons (Fsp3) is 0.278. The molecule has 0 saturated heterocycles. The van der Waals surface area contributed by atoms with Crippen LogP contribution in [0.25, 0.3) is 0 Å². The van der Waals surface area contributed by atoms with E-state index in [1.54, 1.807) is 4.90 Å². The summed E-state index contributed by atoms with van der Waals surface area (Å²) in [5, 5.41) is 2.40. The van der Waals surface area contributed by atoms with Crippen molar-refractivity contribution in [3.8, 4) is 0 Å². The fourth-order valence-electron chi connectivity index (χ4n) is 2.45. The third-order valence-corrected chi connectivity index (χ3v) is 3.85. The SMILES string of the molecule is CCN(CC)C(=O)c1cc(NC(=O)c2ccccc2F)c(=O)n(C)c1. The molecule has 0 aliphatic rings. The smallest absolute Gasteiger partial charge is 0.274 e. The van der Waals surface area contributed by atoms with E-state index in [0.717, 1.165) is 6.07 Å². The monoisotopic (exact) mass is 345 g/mol. The van der Waals surface area contributed by atoms with Crippen molar-refractivity contribution in [2.45, 2.75) is 13.8 Å². The number of hydrogen-bond donors (Lipinski definition) is 1. The average Bonchev–Trinajstić information content (AvgIpc) is 2.59. The minimum atomic E-state index is -0.748. The molecule has 7 heteroatoms. The molecule has 0 unspecified atom stereocenters. The maximum atomic E-state index is 13.7. The van der Waals surface area contributed by atoms with E-state index in [9.17, 15) is 18.8 Å². The highest BCUT2D eigenvalue weighted by molar-refractivity contribution is 6.05. The molecule has 1 heterocycles. The highest BCUT2D eigenvalue weighted by Crippen LogP contribution is 2.12. The maximum absolute atomic E-state index is 13.7. The summed E-state index contributed by atoms with van der Waals surface area (Å²) in [5.41, 5.74) is -0.464. The molecular weight excluding hydrogens is 325 g/mol. The fourth-order valence-corrected chi connectivity index (χ4v) is 2.45. The second-order valence-electron chi connectivity index (χ2n) is 5.47. The molecule has 2 amide bonds. The van der Waals surface area contributed by atoms with Gasteiger partial charge in [-0.15, -0.1) is 0 Å². The zero-order valence-corrected chi connectivity index (χ0v) is 14.4. The second kappa shape index (κ2) is 7.74. The molecule has 0 atom stereocenters. The summed E-state index contributed by atoms with van der Waals surface area (Å²) in [6, 6.07) is 6.79. The predicted molar refractivity (Wildman–Crippen MR) is 93.3 cm³/mol. The van der Waals surface area contributed by atoms with Gasteiger partial charge in [0.25, 0.3) is 17.4 Å². The molecule has 1 N–H and O–H groups in total. The normalized spacial score (nSPS) is 10.4. The van der Waals surface area contributed by atoms with Crippen LogP contribution in [0, 0.1) is 5.82 Å². The molecule has 2 rings (SSSR count). The summed E-state index contributed by atoms with van der Waals surface area (Å²) in [6.07, 6.45) is 1.42. The van der Waals surface area contributed by atoms with Crippen LogP contribution in [0.5, 0.6) is 0 Å². The minimum Gasteiger partial charge on any atom is -0.339 e. The van der Waals surface area contributed by atoms with Gasteiger partial charge in [-0.2, -0.15) is 0 Å². The number of nitrogens with one attached hydrogen (secondary N) is 1. The van der Waals surface area contributed by atoms with Crippen molar-refractivity contribution >= 4 is 17.5 Å². The van der Waals surface area contributed by atoms with E-state index in [1.807, 2.05) is 13.8 Å². The summed E-state index contributed by atoms with van der Waals surface area (Å²) in [4.78, 5) is 38.5. The largest absolute Gasteiger partial charge is 0.339 e. The first-order valence-electron chi connectivity index (χ1n) is 7.94. The number of amides is 2. The van der Waals surface area contributed by atoms with E-state index in [-0.39, 0.29) is 22.7 Å². The lowest BCUT2D eigenvalue weighted by Gasteiger charge is -2.19. The van der Waals surface area contributed by atoms with Crippen molar-refractivity contribution in [1.29, 1.82) is 0 Å². The first kappa shape index (κ1) is 18.4. The number of aromatic nitrogens is 1. The van der Waals surface area contributed by atoms with Crippen LogP contribution in [0.2, 0.25) is 0 Å². The lowest BCUT2D eigenvalue weighted by Crippen LogP contribution is -2.32. The van der Waals surface area contributed by atoms with Crippen molar-refractivity contribution in [3.05, 3.63) is 63.8 Å². The van der Waals surface area contributed by atoms with E-state index in [0.29, 0.717) is 13.1 Å². The number of rotatable bonds is 5. The molecule has 1 aromatic heterocycles. The first-order valence-corrected chi connectivity index (χ1v) is 7.94. The average molecular weight is 345 g/mol. The van der Waals surface area contributed by atoms with Gasteiger partial charge in [0.05, 0.1) is 11.1 Å². The zero-order chi connectivity index (χ0) is 18.6. The highest BCUT2D eigenvalue weighted by atomic mass is 19.1. The lowest BCUT2D eigenvalue weighted by molar-refractivity contribution is 0.0771. The van der Waals surface area contributed by atoms with Crippen LogP contribution >= 0.6 is 0 Å². The van der Waals surface area contributed by atoms with Gasteiger partial charge >= 0.3 is 0 Å². The van der Waals surface area contributed by atoms with Crippen LogP contribution in [0.15, 0.2) is 41.3 Å². The first-order chi connectivity index (χ1) is 11.9. The summed E-state index contributed by atoms with van der Waals surface area (Å²) >= 11 is 0. The third-order valence-electron chi connectivity index (χ3n) is 3.85. The molecule has 0 saturated carbocycles. The molecule has 1 aromatic carbocycles. The van der Waals surface area contributed by atoms with Gasteiger partial charge in [-0.3, -0.25) is 14.4 Å². The van der Waals surface area contributed by atoms with Gasteiger partial charge in [0.2, 0.25) is 0 Å². The summed E-state index contributed by atoms with van der Waals surface area (Å²) < 4.78 is 14.9. The van der Waals surface area contributed by atoms with E-state index in [1.165, 1.54) is 42.1 Å². The minimum absolute atomic E-state index is 0.0752. The molecule has 0 radical (unpaired) electrons. The lowest BCUT2D eigenvalue weighted by atomic mass is 10.2. The van der Waals surface area contributed by atoms with Gasteiger partial charge in [0.15, 0.2) is 0 Å². The van der Waals surface area contributed by atoms with Gasteiger partial charge in [0.1, 0.15) is 11.5 Å². The van der Waals surface area contributed by atoms with Crippen molar-refractivity contribution in [1.82, 2.24) is 9.47 Å². The van der Waals surface area contributed by atoms with E-state index in [4.69, 9.17) is 0 Å². The topological polar surface area (TPSA) is 71.4 Å². The Balaban J connectivity index is 2.38. The molecule has 0 fully saturated rings. The Labute approximate surface area is 144 Å². The van der Waals surface area contributed by atoms with Crippen LogP contribution < -0.4 is 10.9 Å². The van der Waals surface area contributed by atoms with Crippen molar-refractivity contribution in [3.63, 3.8) is 0 Å². The Hall–Kier alpha value is -2.96. The number of benzene rings is 1. The molecule has 25 heavy (non-hydrogen) atoms. The Morgan fingerprint density at radius 2 is 1.84 bits per heavy atom. The standard InChI is InChI=1S/C18H20FN3O3/c1-4-22(5-2)17(24)12-10-15(18(25)21(3)11-12)20-16(23)13-8-6-7-9-14(13)19/h6-11H,4-5H2,1-3H3,(H,20,23). The molecule has 0 aliphatic carbocycles. The van der Waals surface area contributed by atoms with Crippen LogP contribution in [0.1, 0.15) is 34.6 Å². The van der Waals surface area contributed by atoms with Crippen LogP contribution in [0.3, 0.4) is 0 Å². The van der Waals surface area contributed by atoms with Crippen molar-refractivity contribution < 1.29 is 14.0 Å². The van der Waals surface area contributed by atoms with Gasteiger partial charge in [-0.05, 0) is 32.0 Å². The quantitative estimate of drug-likeness (QED) is 0.903. The Kier molecular flexibility index (Phi) is 5.69. The predicted octanol–water partition coefficient (Wildman–Crippen LogP) is 2.26. The number of hydrogen-bond acceptors (Lipinski definition) is 3. The number of halogens is 1. The Morgan fingerprint density at radius 3 is 2.44 bits per heavy atom. The zero-order valence-electron chi connectivity index (χ0n) is 14.4.